The molecular weight excluding hydrogens is 620 g/mol. The maximum atomic E-state index is 12.9. The summed E-state index contributed by atoms with van der Waals surface area (Å²) in [5.74, 6) is 0.695. The summed E-state index contributed by atoms with van der Waals surface area (Å²) in [5, 5.41) is 2.70. The average Bonchev–Trinajstić information content (AvgIpc) is 3.65. The van der Waals surface area contributed by atoms with Gasteiger partial charge in [0.15, 0.2) is 0 Å². The fourth-order valence-electron chi connectivity index (χ4n) is 7.30. The summed E-state index contributed by atoms with van der Waals surface area (Å²) in [7, 11) is -1.15. The molecule has 1 aromatic heterocycles. The SMILES string of the molecule is CC[C@H]1O[C@@H](n2ccc(NC(=O)C(C)C)nc2=O)CC1O[P@@]1OC2(CCCC2)[C@@H]2C[C@@H]3CCCC[C@@H]3N21.S.S.S.S. The summed E-state index contributed by atoms with van der Waals surface area (Å²) in [6.07, 6.45) is 13.7. The lowest BCUT2D eigenvalue weighted by Gasteiger charge is -2.34. The number of nitrogens with one attached hydrogen (secondary N) is 1. The Balaban J connectivity index is 0.00000147. The summed E-state index contributed by atoms with van der Waals surface area (Å²) in [6.45, 7) is 5.71. The first-order valence-electron chi connectivity index (χ1n) is 14.4. The van der Waals surface area contributed by atoms with Crippen LogP contribution >= 0.6 is 62.5 Å². The molecular formula is C27H49N4O5PS4. The number of carbonyl (C=O) groups is 1. The van der Waals surface area contributed by atoms with Crippen LogP contribution in [0.15, 0.2) is 17.1 Å². The van der Waals surface area contributed by atoms with E-state index in [1.165, 1.54) is 49.5 Å². The van der Waals surface area contributed by atoms with Crippen LogP contribution in [-0.2, 0) is 18.6 Å². The fourth-order valence-corrected chi connectivity index (χ4v) is 9.69. The standard InChI is InChI=1S/C27H41N4O5P.4H2S/c1-4-20-21(16-24(34-20)30-14-11-23(29-26(30)33)28-25(32)17(2)3)35-37-31-19-10-6-5-9-18(19)15-22(31)27(36-37)12-7-8-13-27;;;;/h11,14,17-22,24H,4-10,12-13,15-16H2,1-3H3,(H,28,29,32,33);4*1H2/t18-,19-,20+,21?,22-,24+,37-;;;;/m0..../s1. The molecule has 1 N–H and O–H groups in total. The molecule has 1 spiro atoms. The van der Waals surface area contributed by atoms with Crippen LogP contribution in [0.1, 0.15) is 97.6 Å². The van der Waals surface area contributed by atoms with Gasteiger partial charge in [-0.25, -0.2) is 9.46 Å². The molecule has 7 atom stereocenters. The van der Waals surface area contributed by atoms with E-state index < -0.39 is 20.4 Å². The molecule has 1 aromatic rings. The summed E-state index contributed by atoms with van der Waals surface area (Å²) >= 11 is 0. The first-order valence-corrected chi connectivity index (χ1v) is 15.5. The zero-order chi connectivity index (χ0) is 25.7. The topological polar surface area (TPSA) is 94.9 Å². The van der Waals surface area contributed by atoms with Crippen LogP contribution < -0.4 is 11.0 Å². The Bertz CT molecular complexity index is 1080. The molecule has 9 nitrogen and oxygen atoms in total. The predicted octanol–water partition coefficient (Wildman–Crippen LogP) is 5.57. The van der Waals surface area contributed by atoms with Crippen molar-refractivity contribution in [3.8, 4) is 0 Å². The third-order valence-corrected chi connectivity index (χ3v) is 11.2. The zero-order valence-corrected chi connectivity index (χ0v) is 29.2. The summed E-state index contributed by atoms with van der Waals surface area (Å²) in [4.78, 5) is 28.9. The van der Waals surface area contributed by atoms with E-state index in [0.29, 0.717) is 18.5 Å². The van der Waals surface area contributed by atoms with Crippen LogP contribution in [0.25, 0.3) is 0 Å². The van der Waals surface area contributed by atoms with Crippen LogP contribution in [0.5, 0.6) is 0 Å². The van der Waals surface area contributed by atoms with Gasteiger partial charge in [-0.3, -0.25) is 9.36 Å². The van der Waals surface area contributed by atoms with Crippen molar-refractivity contribution in [2.75, 3.05) is 5.32 Å². The number of nitrogens with zero attached hydrogens (tertiary/aromatic N) is 3. The molecule has 5 fully saturated rings. The van der Waals surface area contributed by atoms with Crippen LogP contribution in [0.2, 0.25) is 0 Å². The van der Waals surface area contributed by atoms with E-state index in [2.05, 4.69) is 21.9 Å². The molecule has 6 rings (SSSR count). The lowest BCUT2D eigenvalue weighted by molar-refractivity contribution is -0.118. The minimum Gasteiger partial charge on any atom is -0.352 e. The molecule has 3 aliphatic heterocycles. The Morgan fingerprint density at radius 2 is 1.85 bits per heavy atom. The second-order valence-electron chi connectivity index (χ2n) is 11.9. The molecule has 3 saturated heterocycles. The molecule has 0 radical (unpaired) electrons. The molecule has 14 heteroatoms. The second-order valence-corrected chi connectivity index (χ2v) is 13.2. The normalized spacial score (nSPS) is 33.2. The minimum atomic E-state index is -1.15. The van der Waals surface area contributed by atoms with E-state index in [4.69, 9.17) is 13.8 Å². The van der Waals surface area contributed by atoms with Gasteiger partial charge in [0.2, 0.25) is 5.91 Å². The molecule has 41 heavy (non-hydrogen) atoms. The Morgan fingerprint density at radius 1 is 1.15 bits per heavy atom. The van der Waals surface area contributed by atoms with E-state index >= 15 is 0 Å². The molecule has 4 heterocycles. The van der Waals surface area contributed by atoms with Crippen molar-refractivity contribution in [2.24, 2.45) is 11.8 Å². The van der Waals surface area contributed by atoms with E-state index in [1.807, 2.05) is 0 Å². The molecule has 1 unspecified atom stereocenters. The van der Waals surface area contributed by atoms with E-state index in [-0.39, 0.29) is 89.4 Å². The van der Waals surface area contributed by atoms with E-state index in [1.54, 1.807) is 26.1 Å². The molecule has 2 saturated carbocycles. The third-order valence-electron chi connectivity index (χ3n) is 9.28. The van der Waals surface area contributed by atoms with Crippen LogP contribution in [-0.4, -0.2) is 50.0 Å². The molecule has 5 aliphatic rings. The maximum absolute atomic E-state index is 12.9. The second kappa shape index (κ2) is 15.3. The quantitative estimate of drug-likeness (QED) is 0.396. The highest BCUT2D eigenvalue weighted by molar-refractivity contribution is 7.59. The van der Waals surface area contributed by atoms with Crippen molar-refractivity contribution in [2.45, 2.75) is 128 Å². The number of hydrogen-bond acceptors (Lipinski definition) is 7. The largest absolute Gasteiger partial charge is 0.352 e. The van der Waals surface area contributed by atoms with Crippen LogP contribution in [0, 0.1) is 11.8 Å². The van der Waals surface area contributed by atoms with Crippen LogP contribution in [0.4, 0.5) is 5.82 Å². The van der Waals surface area contributed by atoms with Gasteiger partial charge in [0.1, 0.15) is 12.0 Å². The van der Waals surface area contributed by atoms with Crippen molar-refractivity contribution in [3.05, 3.63) is 22.7 Å². The Morgan fingerprint density at radius 3 is 2.51 bits per heavy atom. The van der Waals surface area contributed by atoms with Crippen molar-refractivity contribution in [1.29, 1.82) is 0 Å². The zero-order valence-electron chi connectivity index (χ0n) is 24.3. The number of fused-ring (bicyclic) bond motifs is 4. The van der Waals surface area contributed by atoms with Gasteiger partial charge in [0.05, 0.1) is 17.8 Å². The average molecular weight is 669 g/mol. The third kappa shape index (κ3) is 7.14. The molecule has 0 aromatic carbocycles. The number of ether oxygens (including phenoxy) is 1. The molecule has 2 aliphatic carbocycles. The number of carbonyl (C=O) groups excluding carboxylic acids is 1. The summed E-state index contributed by atoms with van der Waals surface area (Å²) in [6, 6.07) is 2.74. The summed E-state index contributed by atoms with van der Waals surface area (Å²) < 4.78 is 24.3. The number of rotatable bonds is 6. The first-order chi connectivity index (χ1) is 17.9. The van der Waals surface area contributed by atoms with Crippen molar-refractivity contribution >= 4 is 74.2 Å². The van der Waals surface area contributed by atoms with Crippen LogP contribution in [0.3, 0.4) is 0 Å². The molecule has 236 valence electrons. The number of amides is 1. The van der Waals surface area contributed by atoms with Crippen molar-refractivity contribution in [1.82, 2.24) is 14.2 Å². The van der Waals surface area contributed by atoms with Gasteiger partial charge in [0, 0.05) is 30.6 Å². The minimum absolute atomic E-state index is 0. The molecule has 0 bridgehead atoms. The predicted molar refractivity (Wildman–Crippen MR) is 182 cm³/mol. The van der Waals surface area contributed by atoms with Gasteiger partial charge in [-0.05, 0) is 50.5 Å². The van der Waals surface area contributed by atoms with E-state index in [0.717, 1.165) is 25.2 Å². The lowest BCUT2D eigenvalue weighted by atomic mass is 9.82. The lowest BCUT2D eigenvalue weighted by Crippen LogP contribution is -2.41. The van der Waals surface area contributed by atoms with Gasteiger partial charge in [-0.15, -0.1) is 0 Å². The number of anilines is 1. The monoisotopic (exact) mass is 668 g/mol. The van der Waals surface area contributed by atoms with Gasteiger partial charge in [-0.1, -0.05) is 46.5 Å². The maximum Gasteiger partial charge on any atom is 0.351 e. The van der Waals surface area contributed by atoms with Gasteiger partial charge < -0.3 is 19.1 Å². The Labute approximate surface area is 273 Å². The van der Waals surface area contributed by atoms with Gasteiger partial charge in [-0.2, -0.15) is 59.0 Å². The highest BCUT2D eigenvalue weighted by Crippen LogP contribution is 2.68. The van der Waals surface area contributed by atoms with Crippen molar-refractivity contribution in [3.63, 3.8) is 0 Å². The highest BCUT2D eigenvalue weighted by atomic mass is 32.1. The number of hydrogen-bond donors (Lipinski definition) is 1. The number of aromatic nitrogens is 2. The Kier molecular flexibility index (Phi) is 13.9. The van der Waals surface area contributed by atoms with Crippen molar-refractivity contribution < 1.29 is 18.6 Å². The first kappa shape index (κ1) is 37.2. The smallest absolute Gasteiger partial charge is 0.351 e. The van der Waals surface area contributed by atoms with Gasteiger partial charge in [0.25, 0.3) is 8.53 Å². The summed E-state index contributed by atoms with van der Waals surface area (Å²) in [5.41, 5.74) is -0.458. The van der Waals surface area contributed by atoms with Gasteiger partial charge >= 0.3 is 5.69 Å². The highest BCUT2D eigenvalue weighted by Gasteiger charge is 2.63. The molecule has 1 amide bonds. The fraction of sp³-hybridized carbons (Fsp3) is 0.815. The van der Waals surface area contributed by atoms with E-state index in [9.17, 15) is 9.59 Å². The Hall–Kier alpha value is 0.0200.